The number of benzene rings is 9. The highest BCUT2D eigenvalue weighted by molar-refractivity contribution is 6.11. The van der Waals surface area contributed by atoms with Gasteiger partial charge in [-0.15, -0.1) is 0 Å². The number of rotatable bonds is 3. The molecule has 2 nitrogen and oxygen atoms in total. The van der Waals surface area contributed by atoms with Crippen molar-refractivity contribution in [2.75, 3.05) is 4.90 Å². The zero-order valence-electron chi connectivity index (χ0n) is 33.4. The molecule has 0 N–H and O–H groups in total. The molecule has 1 aromatic heterocycles. The second kappa shape index (κ2) is 12.1. The first-order valence-corrected chi connectivity index (χ1v) is 21.0. The van der Waals surface area contributed by atoms with Crippen molar-refractivity contribution in [3.8, 4) is 44.5 Å². The Hall–Kier alpha value is -7.42. The van der Waals surface area contributed by atoms with E-state index in [2.05, 4.69) is 219 Å². The summed E-state index contributed by atoms with van der Waals surface area (Å²) in [6, 6.07) is 74.4. The first-order valence-electron chi connectivity index (χ1n) is 21.0. The van der Waals surface area contributed by atoms with E-state index in [1.54, 1.807) is 0 Å². The van der Waals surface area contributed by atoms with Crippen LogP contribution in [0.5, 0.6) is 0 Å². The average Bonchev–Trinajstić information content (AvgIpc) is 3.88. The van der Waals surface area contributed by atoms with Gasteiger partial charge >= 0.3 is 0 Å². The standard InChI is InChI=1S/C58H39NO/c1-57(2)46-25-10-5-21-41(46)42-34-33-36(35-51(42)57)59(53-31-15-24-44-43-22-9-14-32-54(43)60-56(44)53)52-30-16-29-50-55(52)45-23-8-13-28-49(45)58(50)47-26-11-6-19-39(47)37-17-3-4-18-38(37)40-20-7-12-27-48(40)58/h3-35H,1-2H3. The lowest BCUT2D eigenvalue weighted by atomic mass is 9.66. The zero-order valence-corrected chi connectivity index (χ0v) is 33.4. The van der Waals surface area contributed by atoms with Crippen LogP contribution < -0.4 is 4.90 Å². The Morgan fingerprint density at radius 3 is 1.55 bits per heavy atom. The first-order chi connectivity index (χ1) is 29.5. The van der Waals surface area contributed by atoms with E-state index in [1.807, 2.05) is 0 Å². The van der Waals surface area contributed by atoms with E-state index in [-0.39, 0.29) is 5.41 Å². The van der Waals surface area contributed by atoms with Crippen LogP contribution in [0.3, 0.4) is 0 Å². The van der Waals surface area contributed by atoms with Crippen LogP contribution in [0.2, 0.25) is 0 Å². The van der Waals surface area contributed by atoms with Crippen molar-refractivity contribution in [1.82, 2.24) is 0 Å². The molecule has 1 spiro atoms. The van der Waals surface area contributed by atoms with Gasteiger partial charge in [-0.05, 0) is 103 Å². The number of fused-ring (bicyclic) bond motifs is 18. The fourth-order valence-electron chi connectivity index (χ4n) is 11.4. The number of furan rings is 1. The van der Waals surface area contributed by atoms with Gasteiger partial charge in [-0.2, -0.15) is 0 Å². The third-order valence-electron chi connectivity index (χ3n) is 13.9. The molecule has 0 unspecified atom stereocenters. The Kier molecular flexibility index (Phi) is 6.74. The number of nitrogens with zero attached hydrogens (tertiary/aromatic N) is 1. The van der Waals surface area contributed by atoms with Crippen molar-refractivity contribution in [2.45, 2.75) is 24.7 Å². The van der Waals surface area contributed by atoms with Crippen molar-refractivity contribution in [3.05, 3.63) is 234 Å². The zero-order chi connectivity index (χ0) is 39.7. The van der Waals surface area contributed by atoms with Crippen LogP contribution in [0, 0.1) is 0 Å². The van der Waals surface area contributed by atoms with E-state index in [1.165, 1.54) is 77.9 Å². The smallest absolute Gasteiger partial charge is 0.159 e. The Balaban J connectivity index is 1.16. The molecular weight excluding hydrogens is 727 g/mol. The molecule has 1 heterocycles. The molecule has 0 amide bonds. The summed E-state index contributed by atoms with van der Waals surface area (Å²) in [5, 5.41) is 2.23. The van der Waals surface area contributed by atoms with Crippen molar-refractivity contribution < 1.29 is 4.42 Å². The summed E-state index contributed by atoms with van der Waals surface area (Å²) in [5.74, 6) is 0. The molecule has 3 aliphatic rings. The third kappa shape index (κ3) is 4.22. The summed E-state index contributed by atoms with van der Waals surface area (Å²) in [5.41, 5.74) is 22.3. The quantitative estimate of drug-likeness (QED) is 0.178. The van der Waals surface area contributed by atoms with E-state index >= 15 is 0 Å². The second-order valence-corrected chi connectivity index (χ2v) is 17.1. The molecule has 13 rings (SSSR count). The second-order valence-electron chi connectivity index (χ2n) is 17.1. The van der Waals surface area contributed by atoms with E-state index in [0.29, 0.717) is 0 Å². The lowest BCUT2D eigenvalue weighted by Crippen LogP contribution is -2.29. The van der Waals surface area contributed by atoms with Gasteiger partial charge in [0.15, 0.2) is 5.58 Å². The largest absolute Gasteiger partial charge is 0.454 e. The van der Waals surface area contributed by atoms with Gasteiger partial charge in [-0.1, -0.05) is 184 Å². The van der Waals surface area contributed by atoms with E-state index in [9.17, 15) is 0 Å². The summed E-state index contributed by atoms with van der Waals surface area (Å²) in [7, 11) is 0. The highest BCUT2D eigenvalue weighted by Crippen LogP contribution is 2.64. The number of hydrogen-bond donors (Lipinski definition) is 0. The maximum Gasteiger partial charge on any atom is 0.159 e. The van der Waals surface area contributed by atoms with Crippen molar-refractivity contribution in [3.63, 3.8) is 0 Å². The SMILES string of the molecule is CC1(C)c2ccccc2-c2ccc(N(c3cccc4c3-c3ccccc3C43c4ccccc4-c4ccccc4-c4ccccc43)c3cccc4c3oc3ccccc34)cc21. The molecule has 10 aromatic rings. The minimum atomic E-state index is -0.591. The van der Waals surface area contributed by atoms with Crippen molar-refractivity contribution in [2.24, 2.45) is 0 Å². The normalized spacial score (nSPS) is 14.4. The molecule has 0 radical (unpaired) electrons. The van der Waals surface area contributed by atoms with E-state index in [4.69, 9.17) is 4.42 Å². The number of hydrogen-bond acceptors (Lipinski definition) is 2. The van der Waals surface area contributed by atoms with Gasteiger partial charge in [-0.3, -0.25) is 0 Å². The van der Waals surface area contributed by atoms with Crippen molar-refractivity contribution in [1.29, 1.82) is 0 Å². The van der Waals surface area contributed by atoms with Crippen LogP contribution in [-0.4, -0.2) is 0 Å². The molecular formula is C58H39NO. The molecule has 0 saturated heterocycles. The van der Waals surface area contributed by atoms with Gasteiger partial charge in [0.05, 0.1) is 16.8 Å². The molecule has 2 heteroatoms. The molecule has 0 aliphatic heterocycles. The molecule has 0 fully saturated rings. The van der Waals surface area contributed by atoms with Gasteiger partial charge in [0.2, 0.25) is 0 Å². The van der Waals surface area contributed by atoms with E-state index in [0.717, 1.165) is 39.0 Å². The topological polar surface area (TPSA) is 16.4 Å². The number of anilines is 3. The van der Waals surface area contributed by atoms with Crippen molar-refractivity contribution >= 4 is 39.0 Å². The highest BCUT2D eigenvalue weighted by atomic mass is 16.3. The lowest BCUT2D eigenvalue weighted by Gasteiger charge is -2.36. The summed E-state index contributed by atoms with van der Waals surface area (Å²) < 4.78 is 6.89. The van der Waals surface area contributed by atoms with Crippen LogP contribution >= 0.6 is 0 Å². The predicted octanol–water partition coefficient (Wildman–Crippen LogP) is 15.4. The van der Waals surface area contributed by atoms with E-state index < -0.39 is 5.41 Å². The summed E-state index contributed by atoms with van der Waals surface area (Å²) >= 11 is 0. The molecule has 0 saturated carbocycles. The molecule has 0 bridgehead atoms. The molecule has 60 heavy (non-hydrogen) atoms. The van der Waals surface area contributed by atoms with Gasteiger partial charge in [0.1, 0.15) is 5.58 Å². The van der Waals surface area contributed by atoms with Gasteiger partial charge in [0, 0.05) is 27.4 Å². The van der Waals surface area contributed by atoms with Gasteiger partial charge in [0.25, 0.3) is 0 Å². The first kappa shape index (κ1) is 33.5. The molecule has 0 atom stereocenters. The minimum Gasteiger partial charge on any atom is -0.454 e. The van der Waals surface area contributed by atoms with Crippen LogP contribution in [0.4, 0.5) is 17.1 Å². The maximum atomic E-state index is 6.89. The molecule has 3 aliphatic carbocycles. The fourth-order valence-corrected chi connectivity index (χ4v) is 11.4. The summed E-state index contributed by atoms with van der Waals surface area (Å²) in [6.45, 7) is 4.73. The van der Waals surface area contributed by atoms with Crippen LogP contribution in [-0.2, 0) is 10.8 Å². The summed E-state index contributed by atoms with van der Waals surface area (Å²) in [4.78, 5) is 2.49. The fraction of sp³-hybridized carbons (Fsp3) is 0.0690. The monoisotopic (exact) mass is 765 g/mol. The van der Waals surface area contributed by atoms with Crippen LogP contribution in [0.15, 0.2) is 205 Å². The Morgan fingerprint density at radius 2 is 0.850 bits per heavy atom. The lowest BCUT2D eigenvalue weighted by molar-refractivity contribution is 0.660. The van der Waals surface area contributed by atoms with Gasteiger partial charge < -0.3 is 9.32 Å². The number of para-hydroxylation sites is 2. The van der Waals surface area contributed by atoms with Crippen LogP contribution in [0.1, 0.15) is 47.2 Å². The molecule has 282 valence electrons. The Bertz CT molecular complexity index is 3370. The minimum absolute atomic E-state index is 0.170. The average molecular weight is 766 g/mol. The van der Waals surface area contributed by atoms with Gasteiger partial charge in [-0.25, -0.2) is 0 Å². The highest BCUT2D eigenvalue weighted by Gasteiger charge is 2.50. The Labute approximate surface area is 349 Å². The predicted molar refractivity (Wildman–Crippen MR) is 248 cm³/mol. The Morgan fingerprint density at radius 1 is 0.367 bits per heavy atom. The third-order valence-corrected chi connectivity index (χ3v) is 13.9. The summed E-state index contributed by atoms with van der Waals surface area (Å²) in [6.07, 6.45) is 0. The maximum absolute atomic E-state index is 6.89. The van der Waals surface area contributed by atoms with Crippen LogP contribution in [0.25, 0.3) is 66.4 Å². The molecule has 9 aromatic carbocycles.